The zero-order valence-electron chi connectivity index (χ0n) is 17.9. The summed E-state index contributed by atoms with van der Waals surface area (Å²) < 4.78 is 5.13. The summed E-state index contributed by atoms with van der Waals surface area (Å²) in [5.41, 5.74) is 2.00. The van der Waals surface area contributed by atoms with Crippen LogP contribution in [0.5, 0.6) is 5.75 Å². The largest absolute Gasteiger partial charge is 0.497 e. The van der Waals surface area contributed by atoms with Gasteiger partial charge in [0, 0.05) is 15.8 Å². The fourth-order valence-electron chi connectivity index (χ4n) is 3.08. The quantitative estimate of drug-likeness (QED) is 0.629. The minimum Gasteiger partial charge on any atom is -0.497 e. The van der Waals surface area contributed by atoms with Crippen LogP contribution < -0.4 is 15.4 Å². The van der Waals surface area contributed by atoms with E-state index in [4.69, 9.17) is 4.74 Å². The highest BCUT2D eigenvalue weighted by molar-refractivity contribution is 7.12. The molecule has 1 aromatic heterocycles. The number of carbonyl (C=O) groups excluding carboxylic acids is 2. The van der Waals surface area contributed by atoms with Gasteiger partial charge in [0.05, 0.1) is 13.2 Å². The molecular formula is C23H30N2O3S. The number of rotatable bonds is 8. The smallest absolute Gasteiger partial charge is 0.244 e. The molecule has 5 nitrogen and oxygen atoms in total. The van der Waals surface area contributed by atoms with Gasteiger partial charge in [0.2, 0.25) is 11.8 Å². The Morgan fingerprint density at radius 3 is 2.24 bits per heavy atom. The van der Waals surface area contributed by atoms with Crippen molar-refractivity contribution in [3.05, 3.63) is 57.3 Å². The summed E-state index contributed by atoms with van der Waals surface area (Å²) in [6.07, 6.45) is 3.16. The van der Waals surface area contributed by atoms with E-state index < -0.39 is 6.04 Å². The summed E-state index contributed by atoms with van der Waals surface area (Å²) in [5, 5.41) is 5.86. The van der Waals surface area contributed by atoms with Crippen LogP contribution in [-0.2, 0) is 9.59 Å². The summed E-state index contributed by atoms with van der Waals surface area (Å²) in [4.78, 5) is 27.6. The molecule has 0 saturated carbocycles. The van der Waals surface area contributed by atoms with E-state index in [0.717, 1.165) is 16.9 Å². The van der Waals surface area contributed by atoms with E-state index in [2.05, 4.69) is 30.5 Å². The first-order valence-corrected chi connectivity index (χ1v) is 10.5. The van der Waals surface area contributed by atoms with E-state index in [-0.39, 0.29) is 23.8 Å². The number of nitrogens with one attached hydrogen (secondary N) is 2. The molecule has 2 unspecified atom stereocenters. The van der Waals surface area contributed by atoms with Crippen molar-refractivity contribution in [3.8, 4) is 5.75 Å². The highest BCUT2D eigenvalue weighted by atomic mass is 32.1. The van der Waals surface area contributed by atoms with E-state index >= 15 is 0 Å². The maximum Gasteiger partial charge on any atom is 0.244 e. The SMILES string of the molecule is COc1ccc(C=CC(=O)NC(C(=O)NC(C)c2cc(C)sc2C)C(C)C)cc1. The number of benzene rings is 1. The molecule has 156 valence electrons. The summed E-state index contributed by atoms with van der Waals surface area (Å²) in [5.74, 6) is 0.242. The highest BCUT2D eigenvalue weighted by Crippen LogP contribution is 2.26. The third-order valence-electron chi connectivity index (χ3n) is 4.69. The van der Waals surface area contributed by atoms with Crippen molar-refractivity contribution < 1.29 is 14.3 Å². The molecule has 1 aromatic carbocycles. The van der Waals surface area contributed by atoms with Gasteiger partial charge in [-0.3, -0.25) is 9.59 Å². The van der Waals surface area contributed by atoms with Crippen molar-refractivity contribution >= 4 is 29.2 Å². The van der Waals surface area contributed by atoms with E-state index in [1.54, 1.807) is 24.5 Å². The molecule has 1 heterocycles. The first-order valence-electron chi connectivity index (χ1n) is 9.71. The van der Waals surface area contributed by atoms with Crippen LogP contribution in [0.4, 0.5) is 0 Å². The summed E-state index contributed by atoms with van der Waals surface area (Å²) in [7, 11) is 1.61. The minimum absolute atomic E-state index is 0.0363. The zero-order valence-corrected chi connectivity index (χ0v) is 18.7. The van der Waals surface area contributed by atoms with Gasteiger partial charge in [-0.15, -0.1) is 11.3 Å². The Balaban J connectivity index is 2.00. The van der Waals surface area contributed by atoms with Crippen LogP contribution in [0.25, 0.3) is 6.08 Å². The molecule has 0 saturated heterocycles. The first-order chi connectivity index (χ1) is 13.7. The second kappa shape index (κ2) is 10.3. The Labute approximate surface area is 177 Å². The first kappa shape index (κ1) is 22.7. The van der Waals surface area contributed by atoms with Gasteiger partial charge >= 0.3 is 0 Å². The highest BCUT2D eigenvalue weighted by Gasteiger charge is 2.25. The van der Waals surface area contributed by atoms with Gasteiger partial charge in [-0.05, 0) is 62.1 Å². The van der Waals surface area contributed by atoms with Crippen molar-refractivity contribution in [2.24, 2.45) is 5.92 Å². The van der Waals surface area contributed by atoms with Gasteiger partial charge < -0.3 is 15.4 Å². The number of ether oxygens (including phenoxy) is 1. The lowest BCUT2D eigenvalue weighted by Crippen LogP contribution is -2.49. The van der Waals surface area contributed by atoms with Crippen molar-refractivity contribution in [2.75, 3.05) is 7.11 Å². The number of hydrogen-bond donors (Lipinski definition) is 2. The molecule has 0 bridgehead atoms. The molecule has 6 heteroatoms. The molecule has 2 rings (SSSR count). The lowest BCUT2D eigenvalue weighted by Gasteiger charge is -2.23. The molecule has 29 heavy (non-hydrogen) atoms. The molecule has 2 N–H and O–H groups in total. The maximum atomic E-state index is 12.8. The summed E-state index contributed by atoms with van der Waals surface area (Å²) in [6.45, 7) is 9.92. The second-order valence-electron chi connectivity index (χ2n) is 7.44. The topological polar surface area (TPSA) is 67.4 Å². The molecule has 0 spiro atoms. The molecule has 0 radical (unpaired) electrons. The van der Waals surface area contributed by atoms with Gasteiger partial charge in [-0.2, -0.15) is 0 Å². The fraction of sp³-hybridized carbons (Fsp3) is 0.391. The van der Waals surface area contributed by atoms with Gasteiger partial charge in [-0.1, -0.05) is 26.0 Å². The zero-order chi connectivity index (χ0) is 21.6. The molecule has 0 aliphatic heterocycles. The number of methoxy groups -OCH3 is 1. The normalized spacial score (nSPS) is 13.3. The van der Waals surface area contributed by atoms with Crippen molar-refractivity contribution in [1.82, 2.24) is 10.6 Å². The van der Waals surface area contributed by atoms with E-state index in [1.807, 2.05) is 45.0 Å². The Bertz CT molecular complexity index is 869. The number of aryl methyl sites for hydroxylation is 2. The lowest BCUT2D eigenvalue weighted by atomic mass is 10.0. The second-order valence-corrected chi connectivity index (χ2v) is 8.90. The molecule has 0 fully saturated rings. The van der Waals surface area contributed by atoms with E-state index in [9.17, 15) is 9.59 Å². The van der Waals surface area contributed by atoms with Crippen LogP contribution in [0.3, 0.4) is 0 Å². The van der Waals surface area contributed by atoms with Crippen LogP contribution >= 0.6 is 11.3 Å². The third-order valence-corrected chi connectivity index (χ3v) is 5.68. The van der Waals surface area contributed by atoms with Crippen LogP contribution in [0, 0.1) is 19.8 Å². The van der Waals surface area contributed by atoms with Gasteiger partial charge in [0.25, 0.3) is 0 Å². The third kappa shape index (κ3) is 6.46. The van der Waals surface area contributed by atoms with Crippen LogP contribution in [0.1, 0.15) is 47.7 Å². The van der Waals surface area contributed by atoms with Gasteiger partial charge in [-0.25, -0.2) is 0 Å². The van der Waals surface area contributed by atoms with E-state index in [0.29, 0.717) is 0 Å². The molecule has 2 aromatic rings. The molecule has 0 aliphatic carbocycles. The average Bonchev–Trinajstić information content (AvgIpc) is 3.02. The Kier molecular flexibility index (Phi) is 8.02. The Hall–Kier alpha value is -2.60. The molecule has 0 aliphatic rings. The van der Waals surface area contributed by atoms with Crippen molar-refractivity contribution in [2.45, 2.75) is 46.7 Å². The fourth-order valence-corrected chi connectivity index (χ4v) is 4.11. The Morgan fingerprint density at radius 2 is 1.72 bits per heavy atom. The van der Waals surface area contributed by atoms with E-state index in [1.165, 1.54) is 15.8 Å². The van der Waals surface area contributed by atoms with Crippen LogP contribution in [0.2, 0.25) is 0 Å². The lowest BCUT2D eigenvalue weighted by molar-refractivity contribution is -0.128. The predicted octanol–water partition coefficient (Wildman–Crippen LogP) is 4.40. The minimum atomic E-state index is -0.606. The Morgan fingerprint density at radius 1 is 1.07 bits per heavy atom. The number of amides is 2. The number of hydrogen-bond acceptors (Lipinski definition) is 4. The van der Waals surface area contributed by atoms with Crippen LogP contribution in [-0.4, -0.2) is 25.0 Å². The van der Waals surface area contributed by atoms with Gasteiger partial charge in [0.15, 0.2) is 0 Å². The summed E-state index contributed by atoms with van der Waals surface area (Å²) in [6, 6.07) is 8.77. The monoisotopic (exact) mass is 414 g/mol. The number of carbonyl (C=O) groups is 2. The van der Waals surface area contributed by atoms with Gasteiger partial charge in [0.1, 0.15) is 11.8 Å². The summed E-state index contributed by atoms with van der Waals surface area (Å²) >= 11 is 1.72. The number of thiophene rings is 1. The van der Waals surface area contributed by atoms with Crippen molar-refractivity contribution in [1.29, 1.82) is 0 Å². The van der Waals surface area contributed by atoms with Crippen LogP contribution in [0.15, 0.2) is 36.4 Å². The predicted molar refractivity (Wildman–Crippen MR) is 119 cm³/mol. The maximum absolute atomic E-state index is 12.8. The average molecular weight is 415 g/mol. The standard InChI is InChI=1S/C23H30N2O3S/c1-14(2)22(23(27)24-16(4)20-13-15(3)29-17(20)5)25-21(26)12-9-18-7-10-19(28-6)11-8-18/h7-14,16,22H,1-6H3,(H,24,27)(H,25,26). The molecule has 2 atom stereocenters. The molecular weight excluding hydrogens is 384 g/mol. The van der Waals surface area contributed by atoms with Crippen molar-refractivity contribution in [3.63, 3.8) is 0 Å². The molecule has 2 amide bonds.